The number of carbonyl (C=O) groups excluding carboxylic acids is 1. The van der Waals surface area contributed by atoms with E-state index in [9.17, 15) is 13.2 Å². The predicted octanol–water partition coefficient (Wildman–Crippen LogP) is -0.442. The second-order valence-corrected chi connectivity index (χ2v) is 6.71. The van der Waals surface area contributed by atoms with Crippen molar-refractivity contribution in [3.8, 4) is 0 Å². The van der Waals surface area contributed by atoms with Gasteiger partial charge in [-0.15, -0.1) is 0 Å². The third kappa shape index (κ3) is 4.07. The fraction of sp³-hybridized carbons (Fsp3) is 0.615. The van der Waals surface area contributed by atoms with Crippen molar-refractivity contribution in [3.05, 3.63) is 17.4 Å². The van der Waals surface area contributed by atoms with Crippen LogP contribution in [0, 0.1) is 6.92 Å². The minimum absolute atomic E-state index is 0.116. The summed E-state index contributed by atoms with van der Waals surface area (Å²) in [7, 11) is -2.54. The van der Waals surface area contributed by atoms with E-state index in [4.69, 9.17) is 4.42 Å². The normalized spacial score (nSPS) is 16.6. The first-order valence-corrected chi connectivity index (χ1v) is 8.54. The van der Waals surface area contributed by atoms with E-state index in [0.717, 1.165) is 26.2 Å². The van der Waals surface area contributed by atoms with Crippen molar-refractivity contribution in [3.63, 3.8) is 0 Å². The molecule has 22 heavy (non-hydrogen) atoms. The quantitative estimate of drug-likeness (QED) is 0.681. The van der Waals surface area contributed by atoms with E-state index in [2.05, 4.69) is 19.7 Å². The summed E-state index contributed by atoms with van der Waals surface area (Å²) in [5.74, 6) is -0.405. The third-order valence-electron chi connectivity index (χ3n) is 3.50. The van der Waals surface area contributed by atoms with E-state index < -0.39 is 16.0 Å². The van der Waals surface area contributed by atoms with Crippen LogP contribution < -0.4 is 10.0 Å². The summed E-state index contributed by atoms with van der Waals surface area (Å²) in [6.07, 6.45) is 0. The molecule has 8 nitrogen and oxygen atoms in total. The number of piperazine rings is 1. The maximum absolute atomic E-state index is 12.2. The molecule has 0 spiro atoms. The molecule has 1 fully saturated rings. The molecule has 124 valence electrons. The summed E-state index contributed by atoms with van der Waals surface area (Å²) in [5, 5.41) is 2.96. The number of rotatable bonds is 6. The lowest BCUT2D eigenvalue weighted by molar-refractivity contribution is 0.0599. The average molecular weight is 331 g/mol. The molecule has 0 saturated carbocycles. The number of hydrogen-bond acceptors (Lipinski definition) is 7. The van der Waals surface area contributed by atoms with Gasteiger partial charge >= 0.3 is 5.97 Å². The van der Waals surface area contributed by atoms with E-state index in [1.165, 1.54) is 20.1 Å². The monoisotopic (exact) mass is 331 g/mol. The molecular formula is C13H21N3O5S. The van der Waals surface area contributed by atoms with Crippen molar-refractivity contribution in [1.29, 1.82) is 0 Å². The van der Waals surface area contributed by atoms with Gasteiger partial charge < -0.3 is 14.5 Å². The summed E-state index contributed by atoms with van der Waals surface area (Å²) >= 11 is 0. The molecule has 0 atom stereocenters. The van der Waals surface area contributed by atoms with Gasteiger partial charge in [-0.1, -0.05) is 0 Å². The summed E-state index contributed by atoms with van der Waals surface area (Å²) in [5.41, 5.74) is 0.116. The van der Waals surface area contributed by atoms with Crippen LogP contribution in [0.15, 0.2) is 15.6 Å². The van der Waals surface area contributed by atoms with Crippen LogP contribution in [0.5, 0.6) is 0 Å². The van der Waals surface area contributed by atoms with Gasteiger partial charge in [0.15, 0.2) is 0 Å². The average Bonchev–Trinajstić information content (AvgIpc) is 2.90. The Morgan fingerprint density at radius 2 is 2.14 bits per heavy atom. The zero-order chi connectivity index (χ0) is 16.2. The van der Waals surface area contributed by atoms with Crippen molar-refractivity contribution < 1.29 is 22.4 Å². The Kier molecular flexibility index (Phi) is 5.57. The molecule has 1 aliphatic rings. The Bertz CT molecular complexity index is 620. The second-order valence-electron chi connectivity index (χ2n) is 5.02. The Morgan fingerprint density at radius 1 is 1.45 bits per heavy atom. The summed E-state index contributed by atoms with van der Waals surface area (Å²) < 4.78 is 36.6. The Labute approximate surface area is 129 Å². The zero-order valence-corrected chi connectivity index (χ0v) is 13.5. The number of sulfonamides is 1. The smallest absolute Gasteiger partial charge is 0.341 e. The highest BCUT2D eigenvalue weighted by atomic mass is 32.2. The first-order valence-electron chi connectivity index (χ1n) is 7.05. The van der Waals surface area contributed by atoms with Crippen LogP contribution in [0.2, 0.25) is 0 Å². The van der Waals surface area contributed by atoms with E-state index in [1.807, 2.05) is 0 Å². The highest BCUT2D eigenvalue weighted by Gasteiger charge is 2.24. The molecule has 1 aliphatic heterocycles. The molecule has 0 aliphatic carbocycles. The predicted molar refractivity (Wildman–Crippen MR) is 79.3 cm³/mol. The number of ether oxygens (including phenoxy) is 1. The third-order valence-corrected chi connectivity index (χ3v) is 4.81. The highest BCUT2D eigenvalue weighted by Crippen LogP contribution is 2.19. The molecule has 9 heteroatoms. The fourth-order valence-corrected chi connectivity index (χ4v) is 3.25. The van der Waals surface area contributed by atoms with E-state index in [-0.39, 0.29) is 23.0 Å². The van der Waals surface area contributed by atoms with Crippen LogP contribution in [-0.4, -0.2) is 65.7 Å². The van der Waals surface area contributed by atoms with Crippen molar-refractivity contribution >= 4 is 16.0 Å². The molecule has 1 aromatic rings. The summed E-state index contributed by atoms with van der Waals surface area (Å²) in [6, 6.07) is 1.19. The lowest BCUT2D eigenvalue weighted by Gasteiger charge is -2.26. The standard InChI is InChI=1S/C13H21N3O5S/c1-10-11(13(17)20-2)9-12(21-10)22(18,19)15-5-8-16-6-3-14-4-7-16/h9,14-15H,3-8H2,1-2H3. The number of hydrogen-bond donors (Lipinski definition) is 2. The lowest BCUT2D eigenvalue weighted by atomic mass is 10.3. The molecule has 0 aromatic carbocycles. The van der Waals surface area contributed by atoms with Crippen molar-refractivity contribution in [2.75, 3.05) is 46.4 Å². The van der Waals surface area contributed by atoms with Gasteiger partial charge in [-0.2, -0.15) is 0 Å². The topological polar surface area (TPSA) is 101 Å². The second kappa shape index (κ2) is 7.23. The maximum Gasteiger partial charge on any atom is 0.341 e. The van der Waals surface area contributed by atoms with Crippen LogP contribution in [0.25, 0.3) is 0 Å². The van der Waals surface area contributed by atoms with Crippen LogP contribution in [0.4, 0.5) is 0 Å². The van der Waals surface area contributed by atoms with E-state index in [0.29, 0.717) is 6.54 Å². The van der Waals surface area contributed by atoms with Crippen molar-refractivity contribution in [2.24, 2.45) is 0 Å². The van der Waals surface area contributed by atoms with Crippen molar-refractivity contribution in [2.45, 2.75) is 12.0 Å². The van der Waals surface area contributed by atoms with Gasteiger partial charge in [-0.05, 0) is 6.92 Å². The van der Waals surface area contributed by atoms with E-state index in [1.54, 1.807) is 0 Å². The van der Waals surface area contributed by atoms with Gasteiger partial charge in [0.25, 0.3) is 10.0 Å². The summed E-state index contributed by atoms with van der Waals surface area (Å²) in [4.78, 5) is 13.7. The molecule has 2 N–H and O–H groups in total. The number of nitrogens with one attached hydrogen (secondary N) is 2. The largest absolute Gasteiger partial charge is 0.465 e. The first-order chi connectivity index (χ1) is 10.4. The van der Waals surface area contributed by atoms with Gasteiger partial charge in [-0.3, -0.25) is 4.90 Å². The minimum Gasteiger partial charge on any atom is -0.465 e. The van der Waals surface area contributed by atoms with Gasteiger partial charge in [0.1, 0.15) is 11.3 Å². The Hall–Kier alpha value is -1.42. The number of methoxy groups -OCH3 is 1. The number of nitrogens with zero attached hydrogens (tertiary/aromatic N) is 1. The Morgan fingerprint density at radius 3 is 2.77 bits per heavy atom. The molecule has 0 amide bonds. The van der Waals surface area contributed by atoms with Crippen LogP contribution >= 0.6 is 0 Å². The molecule has 1 aromatic heterocycles. The molecule has 0 bridgehead atoms. The van der Waals surface area contributed by atoms with Crippen LogP contribution in [0.1, 0.15) is 16.1 Å². The number of furan rings is 1. The van der Waals surface area contributed by atoms with Gasteiger partial charge in [0, 0.05) is 45.3 Å². The highest BCUT2D eigenvalue weighted by molar-refractivity contribution is 7.89. The van der Waals surface area contributed by atoms with Gasteiger partial charge in [0.2, 0.25) is 5.09 Å². The van der Waals surface area contributed by atoms with Crippen LogP contribution in [-0.2, 0) is 14.8 Å². The van der Waals surface area contributed by atoms with Crippen molar-refractivity contribution in [1.82, 2.24) is 14.9 Å². The molecule has 1 saturated heterocycles. The first kappa shape index (κ1) is 16.9. The van der Waals surface area contributed by atoms with Crippen LogP contribution in [0.3, 0.4) is 0 Å². The number of carbonyl (C=O) groups is 1. The summed E-state index contributed by atoms with van der Waals surface area (Å²) in [6.45, 7) is 6.05. The molecular weight excluding hydrogens is 310 g/mol. The molecule has 0 unspecified atom stereocenters. The Balaban J connectivity index is 1.96. The lowest BCUT2D eigenvalue weighted by Crippen LogP contribution is -2.46. The van der Waals surface area contributed by atoms with E-state index >= 15 is 0 Å². The van der Waals surface area contributed by atoms with Gasteiger partial charge in [0.05, 0.1) is 7.11 Å². The number of aryl methyl sites for hydroxylation is 1. The molecule has 2 rings (SSSR count). The molecule has 0 radical (unpaired) electrons. The minimum atomic E-state index is -3.77. The SMILES string of the molecule is COC(=O)c1cc(S(=O)(=O)NCCN2CCNCC2)oc1C. The van der Waals surface area contributed by atoms with Gasteiger partial charge in [-0.25, -0.2) is 17.9 Å². The zero-order valence-electron chi connectivity index (χ0n) is 12.7. The number of esters is 1. The molecule has 2 heterocycles. The maximum atomic E-state index is 12.2. The fourth-order valence-electron chi connectivity index (χ4n) is 2.24.